The first-order valence-electron chi connectivity index (χ1n) is 8.79. The molecule has 2 nitrogen and oxygen atoms in total. The molecule has 2 heteroatoms. The summed E-state index contributed by atoms with van der Waals surface area (Å²) < 4.78 is 0. The van der Waals surface area contributed by atoms with Crippen molar-refractivity contribution in [1.82, 2.24) is 10.2 Å². The van der Waals surface area contributed by atoms with Gasteiger partial charge in [-0.1, -0.05) is 60.5 Å². The van der Waals surface area contributed by atoms with Crippen LogP contribution in [0.3, 0.4) is 0 Å². The smallest absolute Gasteiger partial charge is 0.0602 e. The molecule has 1 aliphatic heterocycles. The average Bonchev–Trinajstić information content (AvgIpc) is 2.56. The summed E-state index contributed by atoms with van der Waals surface area (Å²) >= 11 is 0. The molecule has 0 amide bonds. The van der Waals surface area contributed by atoms with Crippen molar-refractivity contribution in [2.75, 3.05) is 26.2 Å². The molecule has 2 aromatic rings. The zero-order valence-corrected chi connectivity index (χ0v) is 14.6. The maximum absolute atomic E-state index is 3.47. The van der Waals surface area contributed by atoms with Gasteiger partial charge in [0.15, 0.2) is 0 Å². The normalized spacial score (nSPS) is 17.2. The molecular weight excluding hydrogens is 280 g/mol. The van der Waals surface area contributed by atoms with E-state index in [9.17, 15) is 0 Å². The van der Waals surface area contributed by atoms with Gasteiger partial charge in [-0.25, -0.2) is 0 Å². The Hall–Kier alpha value is -1.64. The van der Waals surface area contributed by atoms with Crippen molar-refractivity contribution in [3.63, 3.8) is 0 Å². The highest BCUT2D eigenvalue weighted by Gasteiger charge is 2.24. The lowest BCUT2D eigenvalue weighted by molar-refractivity contribution is 0.198. The van der Waals surface area contributed by atoms with Crippen LogP contribution in [0.25, 0.3) is 0 Å². The first-order chi connectivity index (χ1) is 11.2. The standard InChI is InChI=1S/C21H28N2/c1-4-18-5-7-19(8-6-18)21(23-11-9-22-10-12-23)20-14-16(2)13-17(3)15-20/h5-8,13-15,21-22H,4,9-12H2,1-3H3. The summed E-state index contributed by atoms with van der Waals surface area (Å²) in [5, 5.41) is 3.47. The van der Waals surface area contributed by atoms with Crippen LogP contribution < -0.4 is 5.32 Å². The summed E-state index contributed by atoms with van der Waals surface area (Å²) in [5.41, 5.74) is 6.95. The van der Waals surface area contributed by atoms with Crippen molar-refractivity contribution in [2.24, 2.45) is 0 Å². The summed E-state index contributed by atoms with van der Waals surface area (Å²) in [6.07, 6.45) is 1.10. The van der Waals surface area contributed by atoms with Gasteiger partial charge in [-0.3, -0.25) is 4.90 Å². The Labute approximate surface area is 140 Å². The molecule has 0 bridgehead atoms. The van der Waals surface area contributed by atoms with Crippen LogP contribution in [-0.2, 0) is 6.42 Å². The SMILES string of the molecule is CCc1ccc(C(c2cc(C)cc(C)c2)N2CCNCC2)cc1. The maximum Gasteiger partial charge on any atom is 0.0602 e. The summed E-state index contributed by atoms with van der Waals surface area (Å²) in [7, 11) is 0. The quantitative estimate of drug-likeness (QED) is 0.922. The van der Waals surface area contributed by atoms with Crippen molar-refractivity contribution in [2.45, 2.75) is 33.2 Å². The fraction of sp³-hybridized carbons (Fsp3) is 0.429. The van der Waals surface area contributed by atoms with Crippen LogP contribution in [0.15, 0.2) is 42.5 Å². The molecule has 1 unspecified atom stereocenters. The lowest BCUT2D eigenvalue weighted by Crippen LogP contribution is -2.45. The second-order valence-corrected chi connectivity index (χ2v) is 6.70. The molecule has 23 heavy (non-hydrogen) atoms. The van der Waals surface area contributed by atoms with Crippen LogP contribution in [0.2, 0.25) is 0 Å². The van der Waals surface area contributed by atoms with Crippen LogP contribution in [0.4, 0.5) is 0 Å². The van der Waals surface area contributed by atoms with E-state index in [0.717, 1.165) is 32.6 Å². The zero-order valence-electron chi connectivity index (χ0n) is 14.6. The molecular formula is C21H28N2. The predicted molar refractivity (Wildman–Crippen MR) is 98.0 cm³/mol. The minimum Gasteiger partial charge on any atom is -0.314 e. The number of benzene rings is 2. The van der Waals surface area contributed by atoms with Crippen LogP contribution in [0.5, 0.6) is 0 Å². The first-order valence-corrected chi connectivity index (χ1v) is 8.79. The van der Waals surface area contributed by atoms with Gasteiger partial charge in [-0.15, -0.1) is 0 Å². The highest BCUT2D eigenvalue weighted by atomic mass is 15.2. The Balaban J connectivity index is 2.01. The molecule has 1 heterocycles. The Morgan fingerprint density at radius 1 is 0.913 bits per heavy atom. The third kappa shape index (κ3) is 3.82. The third-order valence-electron chi connectivity index (χ3n) is 4.78. The molecule has 122 valence electrons. The minimum absolute atomic E-state index is 0.363. The first kappa shape index (κ1) is 16.2. The monoisotopic (exact) mass is 308 g/mol. The Morgan fingerprint density at radius 2 is 1.52 bits per heavy atom. The molecule has 0 spiro atoms. The van der Waals surface area contributed by atoms with Crippen LogP contribution >= 0.6 is 0 Å². The number of piperazine rings is 1. The minimum atomic E-state index is 0.363. The van der Waals surface area contributed by atoms with Gasteiger partial charge in [0.1, 0.15) is 0 Å². The zero-order chi connectivity index (χ0) is 16.2. The van der Waals surface area contributed by atoms with E-state index in [1.54, 1.807) is 0 Å². The topological polar surface area (TPSA) is 15.3 Å². The molecule has 1 N–H and O–H groups in total. The van der Waals surface area contributed by atoms with Crippen molar-refractivity contribution >= 4 is 0 Å². The molecule has 0 radical (unpaired) electrons. The highest BCUT2D eigenvalue weighted by Crippen LogP contribution is 2.30. The van der Waals surface area contributed by atoms with Crippen LogP contribution in [0, 0.1) is 13.8 Å². The summed E-state index contributed by atoms with van der Waals surface area (Å²) in [6.45, 7) is 11.0. The van der Waals surface area contributed by atoms with Gasteiger partial charge < -0.3 is 5.32 Å². The van der Waals surface area contributed by atoms with Gasteiger partial charge in [-0.05, 0) is 37.0 Å². The van der Waals surface area contributed by atoms with Gasteiger partial charge in [0, 0.05) is 26.2 Å². The number of rotatable bonds is 4. The molecule has 0 aromatic heterocycles. The molecule has 0 aliphatic carbocycles. The molecule has 0 saturated carbocycles. The van der Waals surface area contributed by atoms with Crippen molar-refractivity contribution in [3.05, 3.63) is 70.3 Å². The second kappa shape index (κ2) is 7.29. The van der Waals surface area contributed by atoms with Gasteiger partial charge in [-0.2, -0.15) is 0 Å². The third-order valence-corrected chi connectivity index (χ3v) is 4.78. The fourth-order valence-electron chi connectivity index (χ4n) is 3.66. The van der Waals surface area contributed by atoms with E-state index in [-0.39, 0.29) is 0 Å². The Morgan fingerprint density at radius 3 is 2.09 bits per heavy atom. The number of aryl methyl sites for hydroxylation is 3. The van der Waals surface area contributed by atoms with Crippen molar-refractivity contribution in [3.8, 4) is 0 Å². The number of nitrogens with one attached hydrogen (secondary N) is 1. The van der Waals surface area contributed by atoms with E-state index >= 15 is 0 Å². The lowest BCUT2D eigenvalue weighted by atomic mass is 9.93. The molecule has 3 rings (SSSR count). The van der Waals surface area contributed by atoms with E-state index in [1.807, 2.05) is 0 Å². The Bertz CT molecular complexity index is 619. The van der Waals surface area contributed by atoms with Gasteiger partial charge in [0.2, 0.25) is 0 Å². The van der Waals surface area contributed by atoms with E-state index in [4.69, 9.17) is 0 Å². The van der Waals surface area contributed by atoms with Gasteiger partial charge in [0.25, 0.3) is 0 Å². The van der Waals surface area contributed by atoms with E-state index in [0.29, 0.717) is 6.04 Å². The number of hydrogen-bond acceptors (Lipinski definition) is 2. The summed E-state index contributed by atoms with van der Waals surface area (Å²) in [5.74, 6) is 0. The number of nitrogens with zero attached hydrogens (tertiary/aromatic N) is 1. The molecule has 1 saturated heterocycles. The molecule has 1 aliphatic rings. The number of hydrogen-bond donors (Lipinski definition) is 1. The average molecular weight is 308 g/mol. The van der Waals surface area contributed by atoms with E-state index in [2.05, 4.69) is 73.5 Å². The fourth-order valence-corrected chi connectivity index (χ4v) is 3.66. The van der Waals surface area contributed by atoms with Crippen molar-refractivity contribution in [1.29, 1.82) is 0 Å². The molecule has 1 fully saturated rings. The van der Waals surface area contributed by atoms with Crippen LogP contribution in [0.1, 0.15) is 40.8 Å². The van der Waals surface area contributed by atoms with Crippen LogP contribution in [-0.4, -0.2) is 31.1 Å². The Kier molecular flexibility index (Phi) is 5.14. The van der Waals surface area contributed by atoms with Gasteiger partial charge in [0.05, 0.1) is 6.04 Å². The van der Waals surface area contributed by atoms with Gasteiger partial charge >= 0.3 is 0 Å². The second-order valence-electron chi connectivity index (χ2n) is 6.70. The van der Waals surface area contributed by atoms with Crippen molar-refractivity contribution < 1.29 is 0 Å². The highest BCUT2D eigenvalue weighted by molar-refractivity contribution is 5.38. The van der Waals surface area contributed by atoms with E-state index < -0.39 is 0 Å². The maximum atomic E-state index is 3.47. The molecule has 2 aromatic carbocycles. The predicted octanol–water partition coefficient (Wildman–Crippen LogP) is 3.86. The summed E-state index contributed by atoms with van der Waals surface area (Å²) in [6, 6.07) is 16.5. The largest absolute Gasteiger partial charge is 0.314 e. The lowest BCUT2D eigenvalue weighted by Gasteiger charge is -2.36. The van der Waals surface area contributed by atoms with E-state index in [1.165, 1.54) is 27.8 Å². The summed E-state index contributed by atoms with van der Waals surface area (Å²) in [4.78, 5) is 2.62. The molecule has 1 atom stereocenters.